The normalized spacial score (nSPS) is 10.9. The fraction of sp³-hybridized carbons (Fsp3) is 0.167. The minimum Gasteiger partial charge on any atom is -0.481 e. The quantitative estimate of drug-likeness (QED) is 0.748. The molecule has 76 valence electrons. The summed E-state index contributed by atoms with van der Waals surface area (Å²) in [5, 5.41) is 0. The third-order valence-corrected chi connectivity index (χ3v) is 2.06. The average Bonchev–Trinajstić information content (AvgIpc) is 2.33. The molecule has 0 aliphatic rings. The van der Waals surface area contributed by atoms with Crippen molar-refractivity contribution in [1.29, 1.82) is 0 Å². The number of rotatable bonds is 2. The van der Waals surface area contributed by atoms with Crippen LogP contribution >= 0.6 is 0 Å². The Morgan fingerprint density at radius 2 is 2.00 bits per heavy atom. The Kier molecular flexibility index (Phi) is 2.29. The van der Waals surface area contributed by atoms with Gasteiger partial charge in [-0.15, -0.1) is 0 Å². The lowest BCUT2D eigenvalue weighted by Crippen LogP contribution is -1.91. The van der Waals surface area contributed by atoms with Gasteiger partial charge in [-0.25, -0.2) is 4.98 Å². The van der Waals surface area contributed by atoms with Crippen LogP contribution in [0.25, 0.3) is 11.1 Å². The molecule has 2 rings (SSSR count). The van der Waals surface area contributed by atoms with Crippen molar-refractivity contribution < 1.29 is 6.11 Å². The Labute approximate surface area is 90.2 Å². The molecular weight excluding hydrogens is 188 g/mol. The van der Waals surface area contributed by atoms with Crippen molar-refractivity contribution in [3.8, 4) is 17.0 Å². The van der Waals surface area contributed by atoms with E-state index in [9.17, 15) is 0 Å². The van der Waals surface area contributed by atoms with Gasteiger partial charge in [0, 0.05) is 24.1 Å². The molecule has 0 aliphatic heterocycles. The van der Waals surface area contributed by atoms with Crippen LogP contribution in [0.1, 0.15) is 7.06 Å². The van der Waals surface area contributed by atoms with Crippen LogP contribution in [0.15, 0.2) is 36.6 Å². The lowest BCUT2D eigenvalue weighted by Gasteiger charge is -2.05. The first kappa shape index (κ1) is 8.41. The molecule has 0 amide bonds. The molecule has 0 fully saturated rings. The molecule has 2 heterocycles. The number of aromatic nitrogens is 2. The summed E-state index contributed by atoms with van der Waals surface area (Å²) in [4.78, 5) is 8.11. The van der Waals surface area contributed by atoms with Crippen molar-refractivity contribution in [2.45, 2.75) is 6.92 Å². The number of aryl methyl sites for hydroxylation is 1. The van der Waals surface area contributed by atoms with Gasteiger partial charge in [0.25, 0.3) is 0 Å². The van der Waals surface area contributed by atoms with Crippen molar-refractivity contribution in [2.75, 3.05) is 7.11 Å². The summed E-state index contributed by atoms with van der Waals surface area (Å²) in [5.41, 5.74) is 2.59. The molecule has 0 aromatic carbocycles. The van der Waals surface area contributed by atoms with Crippen LogP contribution in [0, 0.1) is 6.92 Å². The molecule has 0 spiro atoms. The predicted molar refractivity (Wildman–Crippen MR) is 58.8 cm³/mol. The third kappa shape index (κ3) is 2.13. The molecule has 0 radical (unpaired) electrons. The third-order valence-electron chi connectivity index (χ3n) is 2.06. The Bertz CT molecular complexity index is 500. The molecule has 15 heavy (non-hydrogen) atoms. The van der Waals surface area contributed by atoms with Crippen LogP contribution in [0.5, 0.6) is 5.88 Å². The Hall–Kier alpha value is -1.90. The average molecular weight is 201 g/mol. The van der Waals surface area contributed by atoms with Crippen molar-refractivity contribution >= 4 is 0 Å². The first-order chi connectivity index (χ1) is 7.72. The molecule has 3 heteroatoms. The number of pyridine rings is 2. The molecular formula is C12H12N2O. The van der Waals surface area contributed by atoms with Gasteiger partial charge in [0.05, 0.1) is 8.48 Å². The van der Waals surface area contributed by atoms with Gasteiger partial charge < -0.3 is 4.74 Å². The van der Waals surface area contributed by atoms with E-state index in [2.05, 4.69) is 9.97 Å². The highest BCUT2D eigenvalue weighted by molar-refractivity contribution is 5.64. The van der Waals surface area contributed by atoms with Crippen LogP contribution in [0.4, 0.5) is 0 Å². The van der Waals surface area contributed by atoms with Crippen molar-refractivity contribution in [2.24, 2.45) is 0 Å². The van der Waals surface area contributed by atoms with Gasteiger partial charge in [-0.05, 0) is 36.2 Å². The summed E-state index contributed by atoms with van der Waals surface area (Å²) >= 11 is 0. The van der Waals surface area contributed by atoms with Gasteiger partial charge in [0.1, 0.15) is 0 Å². The molecule has 2 aromatic heterocycles. The second-order valence-electron chi connectivity index (χ2n) is 3.18. The summed E-state index contributed by atoms with van der Waals surface area (Å²) in [6.07, 6.45) is 3.41. The van der Waals surface area contributed by atoms with E-state index in [1.54, 1.807) is 12.4 Å². The smallest absolute Gasteiger partial charge is 0.213 e. The van der Waals surface area contributed by atoms with E-state index in [4.69, 9.17) is 6.11 Å². The summed E-state index contributed by atoms with van der Waals surface area (Å²) < 4.78 is 13.0. The van der Waals surface area contributed by atoms with Crippen LogP contribution in [0.2, 0.25) is 0 Å². The van der Waals surface area contributed by atoms with E-state index in [0.29, 0.717) is 11.9 Å². The standard InChI is InChI=1S/C12H12N2O/c1-9-7-11(8-12(14-9)15-2)10-3-5-13-6-4-10/h3-8H,1-2H3/i8D. The number of methoxy groups -OCH3 is 1. The van der Waals surface area contributed by atoms with Crippen LogP contribution < -0.4 is 4.74 Å². The maximum atomic E-state index is 7.97. The van der Waals surface area contributed by atoms with E-state index in [0.717, 1.165) is 16.8 Å². The molecule has 2 aromatic rings. The van der Waals surface area contributed by atoms with Gasteiger partial charge in [0.2, 0.25) is 5.88 Å². The minimum atomic E-state index is 0.305. The van der Waals surface area contributed by atoms with Gasteiger partial charge >= 0.3 is 0 Å². The van der Waals surface area contributed by atoms with E-state index < -0.39 is 0 Å². The lowest BCUT2D eigenvalue weighted by molar-refractivity contribution is 0.397. The zero-order chi connectivity index (χ0) is 11.5. The maximum absolute atomic E-state index is 7.97. The van der Waals surface area contributed by atoms with Crippen molar-refractivity contribution in [3.05, 3.63) is 42.3 Å². The number of hydrogen-bond donors (Lipinski definition) is 0. The second-order valence-corrected chi connectivity index (χ2v) is 3.18. The number of ether oxygens (including phenoxy) is 1. The molecule has 0 unspecified atom stereocenters. The zero-order valence-corrected chi connectivity index (χ0v) is 8.69. The molecule has 0 saturated heterocycles. The molecule has 0 aliphatic carbocycles. The topological polar surface area (TPSA) is 35.0 Å². The Balaban J connectivity index is 2.61. The number of hydrogen-bond acceptors (Lipinski definition) is 3. The summed E-state index contributed by atoms with van der Waals surface area (Å²) in [6.45, 7) is 1.88. The second kappa shape index (κ2) is 4.09. The molecule has 0 N–H and O–H groups in total. The summed E-state index contributed by atoms with van der Waals surface area (Å²) in [7, 11) is 1.52. The zero-order valence-electron chi connectivity index (χ0n) is 9.69. The van der Waals surface area contributed by atoms with Crippen LogP contribution in [-0.2, 0) is 0 Å². The number of nitrogens with zero attached hydrogens (tertiary/aromatic N) is 2. The van der Waals surface area contributed by atoms with E-state index in [1.165, 1.54) is 7.11 Å². The first-order valence-electron chi connectivity index (χ1n) is 5.15. The highest BCUT2D eigenvalue weighted by atomic mass is 16.5. The SMILES string of the molecule is [2H]c1c(-c2ccncc2)cc(C)nc1OC. The van der Waals surface area contributed by atoms with Gasteiger partial charge in [-0.2, -0.15) is 0 Å². The Morgan fingerprint density at radius 3 is 2.67 bits per heavy atom. The molecule has 3 nitrogen and oxygen atoms in total. The summed E-state index contributed by atoms with van der Waals surface area (Å²) in [5.74, 6) is 0.354. The van der Waals surface area contributed by atoms with Gasteiger partial charge in [0.15, 0.2) is 0 Å². The van der Waals surface area contributed by atoms with Crippen LogP contribution in [-0.4, -0.2) is 17.1 Å². The largest absolute Gasteiger partial charge is 0.481 e. The minimum absolute atomic E-state index is 0.305. The molecule has 0 atom stereocenters. The monoisotopic (exact) mass is 201 g/mol. The van der Waals surface area contributed by atoms with E-state index in [1.807, 2.05) is 25.1 Å². The fourth-order valence-corrected chi connectivity index (χ4v) is 1.36. The fourth-order valence-electron chi connectivity index (χ4n) is 1.36. The highest BCUT2D eigenvalue weighted by Gasteiger charge is 2.01. The van der Waals surface area contributed by atoms with E-state index >= 15 is 0 Å². The van der Waals surface area contributed by atoms with E-state index in [-0.39, 0.29) is 0 Å². The predicted octanol–water partition coefficient (Wildman–Crippen LogP) is 2.46. The first-order valence-corrected chi connectivity index (χ1v) is 4.65. The Morgan fingerprint density at radius 1 is 1.27 bits per heavy atom. The molecule has 0 saturated carbocycles. The lowest BCUT2D eigenvalue weighted by atomic mass is 10.1. The van der Waals surface area contributed by atoms with Gasteiger partial charge in [-0.1, -0.05) is 0 Å². The molecule has 0 bridgehead atoms. The van der Waals surface area contributed by atoms with Crippen LogP contribution in [0.3, 0.4) is 0 Å². The van der Waals surface area contributed by atoms with Gasteiger partial charge in [-0.3, -0.25) is 4.98 Å². The summed E-state index contributed by atoms with van der Waals surface area (Å²) in [6, 6.07) is 5.91. The highest BCUT2D eigenvalue weighted by Crippen LogP contribution is 2.22. The maximum Gasteiger partial charge on any atom is 0.213 e. The van der Waals surface area contributed by atoms with Crippen molar-refractivity contribution in [3.63, 3.8) is 0 Å². The van der Waals surface area contributed by atoms with Crippen molar-refractivity contribution in [1.82, 2.24) is 9.97 Å².